The first-order chi connectivity index (χ1) is 8.61. The monoisotopic (exact) mass is 244 g/mol. The standard InChI is InChI=1S/C14H20N4/c1-10-4-5-12(8-11(10)2)13(17-15)9-14-16-6-7-18(14)3/h4-8,13,17H,9,15H2,1-3H3. The van der Waals surface area contributed by atoms with Crippen molar-refractivity contribution in [3.05, 3.63) is 53.1 Å². The summed E-state index contributed by atoms with van der Waals surface area (Å²) >= 11 is 0. The minimum atomic E-state index is 0.0883. The molecule has 2 rings (SSSR count). The van der Waals surface area contributed by atoms with Crippen LogP contribution in [0.4, 0.5) is 0 Å². The molecule has 0 aliphatic heterocycles. The molecule has 0 radical (unpaired) electrons. The van der Waals surface area contributed by atoms with Crippen LogP contribution in [0.2, 0.25) is 0 Å². The van der Waals surface area contributed by atoms with Crippen molar-refractivity contribution in [3.63, 3.8) is 0 Å². The Labute approximate surface area is 108 Å². The fourth-order valence-corrected chi connectivity index (χ4v) is 2.03. The van der Waals surface area contributed by atoms with E-state index in [9.17, 15) is 0 Å². The fraction of sp³-hybridized carbons (Fsp3) is 0.357. The number of hydrogen-bond donors (Lipinski definition) is 2. The fourth-order valence-electron chi connectivity index (χ4n) is 2.03. The van der Waals surface area contributed by atoms with Gasteiger partial charge in [0.05, 0.1) is 6.04 Å². The molecule has 0 saturated carbocycles. The van der Waals surface area contributed by atoms with Gasteiger partial charge >= 0.3 is 0 Å². The van der Waals surface area contributed by atoms with Gasteiger partial charge in [-0.2, -0.15) is 0 Å². The molecule has 0 aliphatic carbocycles. The summed E-state index contributed by atoms with van der Waals surface area (Å²) in [6, 6.07) is 6.52. The number of nitrogens with two attached hydrogens (primary N) is 1. The summed E-state index contributed by atoms with van der Waals surface area (Å²) in [4.78, 5) is 4.34. The Bertz CT molecular complexity index is 530. The van der Waals surface area contributed by atoms with Crippen molar-refractivity contribution in [1.29, 1.82) is 0 Å². The van der Waals surface area contributed by atoms with Crippen LogP contribution >= 0.6 is 0 Å². The van der Waals surface area contributed by atoms with Gasteiger partial charge in [0.25, 0.3) is 0 Å². The number of aromatic nitrogens is 2. The van der Waals surface area contributed by atoms with Crippen molar-refractivity contribution >= 4 is 0 Å². The molecule has 0 aliphatic rings. The van der Waals surface area contributed by atoms with E-state index in [1.807, 2.05) is 24.0 Å². The van der Waals surface area contributed by atoms with Gasteiger partial charge in [0.1, 0.15) is 5.82 Å². The topological polar surface area (TPSA) is 55.9 Å². The maximum atomic E-state index is 5.67. The summed E-state index contributed by atoms with van der Waals surface area (Å²) < 4.78 is 2.02. The molecule has 1 atom stereocenters. The molecule has 1 aromatic heterocycles. The third-order valence-electron chi connectivity index (χ3n) is 3.44. The number of rotatable bonds is 4. The van der Waals surface area contributed by atoms with Gasteiger partial charge in [0, 0.05) is 25.9 Å². The smallest absolute Gasteiger partial charge is 0.110 e. The van der Waals surface area contributed by atoms with E-state index in [1.54, 1.807) is 0 Å². The zero-order valence-corrected chi connectivity index (χ0v) is 11.1. The summed E-state index contributed by atoms with van der Waals surface area (Å²) in [6.45, 7) is 4.23. The molecule has 0 saturated heterocycles. The van der Waals surface area contributed by atoms with Gasteiger partial charge in [0.2, 0.25) is 0 Å². The van der Waals surface area contributed by atoms with Crippen LogP contribution in [0.5, 0.6) is 0 Å². The number of benzene rings is 1. The maximum Gasteiger partial charge on any atom is 0.110 e. The number of hydrazine groups is 1. The second-order valence-corrected chi connectivity index (χ2v) is 4.72. The Kier molecular flexibility index (Phi) is 3.79. The molecular weight excluding hydrogens is 224 g/mol. The highest BCUT2D eigenvalue weighted by Crippen LogP contribution is 2.19. The Morgan fingerprint density at radius 3 is 2.67 bits per heavy atom. The first-order valence-electron chi connectivity index (χ1n) is 6.11. The van der Waals surface area contributed by atoms with E-state index < -0.39 is 0 Å². The van der Waals surface area contributed by atoms with E-state index in [1.165, 1.54) is 16.7 Å². The summed E-state index contributed by atoms with van der Waals surface area (Å²) in [6.07, 6.45) is 4.54. The average molecular weight is 244 g/mol. The first-order valence-corrected chi connectivity index (χ1v) is 6.11. The molecule has 96 valence electrons. The molecule has 0 bridgehead atoms. The number of nitrogens with one attached hydrogen (secondary N) is 1. The van der Waals surface area contributed by atoms with E-state index in [0.29, 0.717) is 0 Å². The largest absolute Gasteiger partial charge is 0.338 e. The highest BCUT2D eigenvalue weighted by molar-refractivity contribution is 5.32. The highest BCUT2D eigenvalue weighted by Gasteiger charge is 2.13. The normalized spacial score (nSPS) is 12.7. The van der Waals surface area contributed by atoms with Crippen molar-refractivity contribution in [1.82, 2.24) is 15.0 Å². The van der Waals surface area contributed by atoms with Gasteiger partial charge in [-0.1, -0.05) is 18.2 Å². The molecule has 1 heterocycles. The molecule has 0 fully saturated rings. The molecule has 1 aromatic carbocycles. The van der Waals surface area contributed by atoms with E-state index >= 15 is 0 Å². The van der Waals surface area contributed by atoms with E-state index in [0.717, 1.165) is 12.2 Å². The van der Waals surface area contributed by atoms with Crippen LogP contribution in [0.1, 0.15) is 28.6 Å². The van der Waals surface area contributed by atoms with Crippen LogP contribution < -0.4 is 11.3 Å². The molecule has 4 nitrogen and oxygen atoms in total. The maximum absolute atomic E-state index is 5.67. The SMILES string of the molecule is Cc1ccc(C(Cc2nccn2C)NN)cc1C. The van der Waals surface area contributed by atoms with Gasteiger partial charge in [-0.3, -0.25) is 11.3 Å². The molecule has 3 N–H and O–H groups in total. The lowest BCUT2D eigenvalue weighted by Crippen LogP contribution is -2.30. The van der Waals surface area contributed by atoms with Gasteiger partial charge in [-0.15, -0.1) is 0 Å². The minimum Gasteiger partial charge on any atom is -0.338 e. The van der Waals surface area contributed by atoms with Crippen LogP contribution in [0.25, 0.3) is 0 Å². The number of nitrogens with zero attached hydrogens (tertiary/aromatic N) is 2. The lowest BCUT2D eigenvalue weighted by molar-refractivity contribution is 0.530. The van der Waals surface area contributed by atoms with Crippen LogP contribution in [0.3, 0.4) is 0 Å². The zero-order chi connectivity index (χ0) is 13.1. The van der Waals surface area contributed by atoms with Crippen molar-refractivity contribution in [2.45, 2.75) is 26.3 Å². The summed E-state index contributed by atoms with van der Waals surface area (Å²) in [7, 11) is 2.00. The molecule has 1 unspecified atom stereocenters. The van der Waals surface area contributed by atoms with Crippen molar-refractivity contribution < 1.29 is 0 Å². The Hall–Kier alpha value is -1.65. The lowest BCUT2D eigenvalue weighted by Gasteiger charge is -2.17. The van der Waals surface area contributed by atoms with Crippen molar-refractivity contribution in [2.24, 2.45) is 12.9 Å². The van der Waals surface area contributed by atoms with Crippen molar-refractivity contribution in [3.8, 4) is 0 Å². The van der Waals surface area contributed by atoms with Gasteiger partial charge in [0.15, 0.2) is 0 Å². The third-order valence-corrected chi connectivity index (χ3v) is 3.44. The van der Waals surface area contributed by atoms with Crippen LogP contribution in [0, 0.1) is 13.8 Å². The summed E-state index contributed by atoms with van der Waals surface area (Å²) in [5.41, 5.74) is 6.66. The minimum absolute atomic E-state index is 0.0883. The molecular formula is C14H20N4. The Morgan fingerprint density at radius 2 is 2.11 bits per heavy atom. The number of imidazole rings is 1. The highest BCUT2D eigenvalue weighted by atomic mass is 15.2. The average Bonchev–Trinajstić information content (AvgIpc) is 2.75. The molecule has 4 heteroatoms. The number of aryl methyl sites for hydroxylation is 3. The van der Waals surface area contributed by atoms with Gasteiger partial charge in [-0.05, 0) is 30.5 Å². The molecule has 0 amide bonds. The second-order valence-electron chi connectivity index (χ2n) is 4.72. The molecule has 2 aromatic rings. The van der Waals surface area contributed by atoms with Crippen LogP contribution in [0.15, 0.2) is 30.6 Å². The summed E-state index contributed by atoms with van der Waals surface area (Å²) in [5, 5.41) is 0. The Balaban J connectivity index is 2.23. The Morgan fingerprint density at radius 1 is 1.33 bits per heavy atom. The number of hydrogen-bond acceptors (Lipinski definition) is 3. The second kappa shape index (κ2) is 5.33. The third kappa shape index (κ3) is 2.60. The van der Waals surface area contributed by atoms with E-state index in [2.05, 4.69) is 42.5 Å². The van der Waals surface area contributed by atoms with Gasteiger partial charge in [-0.25, -0.2) is 4.98 Å². The van der Waals surface area contributed by atoms with Crippen molar-refractivity contribution in [2.75, 3.05) is 0 Å². The van der Waals surface area contributed by atoms with Gasteiger partial charge < -0.3 is 4.57 Å². The lowest BCUT2D eigenvalue weighted by atomic mass is 9.99. The quantitative estimate of drug-likeness (QED) is 0.637. The zero-order valence-electron chi connectivity index (χ0n) is 11.1. The van der Waals surface area contributed by atoms with E-state index in [-0.39, 0.29) is 6.04 Å². The molecule has 18 heavy (non-hydrogen) atoms. The first kappa shape index (κ1) is 12.8. The molecule has 0 spiro atoms. The van der Waals surface area contributed by atoms with Crippen LogP contribution in [-0.2, 0) is 13.5 Å². The summed E-state index contributed by atoms with van der Waals surface area (Å²) in [5.74, 6) is 6.70. The van der Waals surface area contributed by atoms with E-state index in [4.69, 9.17) is 5.84 Å². The predicted molar refractivity (Wildman–Crippen MR) is 72.9 cm³/mol. The predicted octanol–water partition coefficient (Wildman–Crippen LogP) is 1.78. The van der Waals surface area contributed by atoms with Crippen LogP contribution in [-0.4, -0.2) is 9.55 Å².